The number of rotatable bonds is 7. The zero-order valence-corrected chi connectivity index (χ0v) is 14.3. The lowest BCUT2D eigenvalue weighted by molar-refractivity contribution is -0.384. The molecule has 132 valence electrons. The van der Waals surface area contributed by atoms with Crippen molar-refractivity contribution in [3.05, 3.63) is 69.0 Å². The van der Waals surface area contributed by atoms with Gasteiger partial charge in [0.05, 0.1) is 11.5 Å². The van der Waals surface area contributed by atoms with E-state index in [1.54, 1.807) is 12.1 Å². The SMILES string of the molecule is CCN(CC(=O)Nc1ccc(Cl)c([N+](=O)[O-])c1)Cc1cccc(F)c1. The number of benzene rings is 2. The molecular weight excluding hydrogens is 349 g/mol. The lowest BCUT2D eigenvalue weighted by Gasteiger charge is -2.20. The highest BCUT2D eigenvalue weighted by molar-refractivity contribution is 6.32. The molecule has 6 nitrogen and oxygen atoms in total. The van der Waals surface area contributed by atoms with Crippen LogP contribution in [-0.4, -0.2) is 28.8 Å². The van der Waals surface area contributed by atoms with Crippen molar-refractivity contribution >= 4 is 28.9 Å². The maximum absolute atomic E-state index is 13.2. The van der Waals surface area contributed by atoms with Crippen molar-refractivity contribution in [2.45, 2.75) is 13.5 Å². The van der Waals surface area contributed by atoms with Crippen LogP contribution in [0.15, 0.2) is 42.5 Å². The summed E-state index contributed by atoms with van der Waals surface area (Å²) < 4.78 is 13.2. The zero-order valence-electron chi connectivity index (χ0n) is 13.5. The van der Waals surface area contributed by atoms with Gasteiger partial charge in [-0.05, 0) is 36.4 Å². The number of hydrogen-bond acceptors (Lipinski definition) is 4. The first-order valence-corrected chi connectivity index (χ1v) is 7.97. The molecule has 0 spiro atoms. The molecule has 0 unspecified atom stereocenters. The maximum atomic E-state index is 13.2. The average molecular weight is 366 g/mol. The van der Waals surface area contributed by atoms with E-state index >= 15 is 0 Å². The summed E-state index contributed by atoms with van der Waals surface area (Å²) in [5.74, 6) is -0.652. The van der Waals surface area contributed by atoms with Crippen molar-refractivity contribution in [1.82, 2.24) is 4.90 Å². The molecule has 0 aromatic heterocycles. The zero-order chi connectivity index (χ0) is 18.4. The summed E-state index contributed by atoms with van der Waals surface area (Å²) in [6.07, 6.45) is 0. The van der Waals surface area contributed by atoms with E-state index in [4.69, 9.17) is 11.6 Å². The predicted molar refractivity (Wildman–Crippen MR) is 94.1 cm³/mol. The third-order valence-corrected chi connectivity index (χ3v) is 3.86. The van der Waals surface area contributed by atoms with Crippen LogP contribution < -0.4 is 5.32 Å². The fourth-order valence-electron chi connectivity index (χ4n) is 2.31. The van der Waals surface area contributed by atoms with E-state index < -0.39 is 4.92 Å². The van der Waals surface area contributed by atoms with Crippen LogP contribution in [0.2, 0.25) is 5.02 Å². The average Bonchev–Trinajstić information content (AvgIpc) is 2.55. The molecule has 0 aliphatic heterocycles. The first-order valence-electron chi connectivity index (χ1n) is 7.59. The Balaban J connectivity index is 2.00. The van der Waals surface area contributed by atoms with Gasteiger partial charge in [0.2, 0.25) is 5.91 Å². The number of nitrogens with one attached hydrogen (secondary N) is 1. The second-order valence-corrected chi connectivity index (χ2v) is 5.81. The minimum atomic E-state index is -0.611. The molecule has 0 aliphatic rings. The molecule has 2 aromatic rings. The van der Waals surface area contributed by atoms with Crippen molar-refractivity contribution in [1.29, 1.82) is 0 Å². The Morgan fingerprint density at radius 1 is 1.32 bits per heavy atom. The van der Waals surface area contributed by atoms with Crippen LogP contribution in [0, 0.1) is 15.9 Å². The Bertz CT molecular complexity index is 785. The third kappa shape index (κ3) is 5.51. The number of likely N-dealkylation sites (N-methyl/N-ethyl adjacent to an activating group) is 1. The van der Waals surface area contributed by atoms with Gasteiger partial charge in [-0.15, -0.1) is 0 Å². The lowest BCUT2D eigenvalue weighted by Crippen LogP contribution is -2.32. The van der Waals surface area contributed by atoms with Crippen molar-refractivity contribution in [3.8, 4) is 0 Å². The van der Waals surface area contributed by atoms with Crippen LogP contribution in [0.1, 0.15) is 12.5 Å². The smallest absolute Gasteiger partial charge is 0.289 e. The fraction of sp³-hybridized carbons (Fsp3) is 0.235. The Kier molecular flexibility index (Phi) is 6.44. The lowest BCUT2D eigenvalue weighted by atomic mass is 10.2. The second-order valence-electron chi connectivity index (χ2n) is 5.40. The van der Waals surface area contributed by atoms with Gasteiger partial charge in [-0.2, -0.15) is 0 Å². The van der Waals surface area contributed by atoms with E-state index in [9.17, 15) is 19.3 Å². The monoisotopic (exact) mass is 365 g/mol. The van der Waals surface area contributed by atoms with E-state index in [0.717, 1.165) is 5.56 Å². The number of nitrogens with zero attached hydrogens (tertiary/aromatic N) is 2. The predicted octanol–water partition coefficient (Wildman–Crippen LogP) is 3.85. The fourth-order valence-corrected chi connectivity index (χ4v) is 2.49. The van der Waals surface area contributed by atoms with Crippen LogP contribution in [0.5, 0.6) is 0 Å². The number of carbonyl (C=O) groups excluding carboxylic acids is 1. The third-order valence-electron chi connectivity index (χ3n) is 3.54. The molecule has 2 aromatic carbocycles. The van der Waals surface area contributed by atoms with Gasteiger partial charge in [-0.1, -0.05) is 30.7 Å². The summed E-state index contributed by atoms with van der Waals surface area (Å²) in [6.45, 7) is 2.97. The van der Waals surface area contributed by atoms with Crippen LogP contribution in [0.25, 0.3) is 0 Å². The van der Waals surface area contributed by atoms with E-state index in [1.165, 1.54) is 30.3 Å². The maximum Gasteiger partial charge on any atom is 0.289 e. The molecular formula is C17H17ClFN3O3. The van der Waals surface area contributed by atoms with Crippen molar-refractivity contribution in [3.63, 3.8) is 0 Å². The molecule has 0 fully saturated rings. The normalized spacial score (nSPS) is 10.7. The summed E-state index contributed by atoms with van der Waals surface area (Å²) in [4.78, 5) is 24.3. The van der Waals surface area contributed by atoms with Gasteiger partial charge in [0, 0.05) is 18.3 Å². The molecule has 1 amide bonds. The van der Waals surface area contributed by atoms with Crippen LogP contribution in [0.3, 0.4) is 0 Å². The summed E-state index contributed by atoms with van der Waals surface area (Å²) >= 11 is 5.74. The second kappa shape index (κ2) is 8.55. The Morgan fingerprint density at radius 2 is 2.08 bits per heavy atom. The van der Waals surface area contributed by atoms with Crippen molar-refractivity contribution in [2.24, 2.45) is 0 Å². The molecule has 8 heteroatoms. The van der Waals surface area contributed by atoms with Gasteiger partial charge in [-0.3, -0.25) is 19.8 Å². The number of nitro groups is 1. The molecule has 0 bridgehead atoms. The van der Waals surface area contributed by atoms with E-state index in [-0.39, 0.29) is 29.0 Å². The summed E-state index contributed by atoms with van der Waals surface area (Å²) in [7, 11) is 0. The minimum Gasteiger partial charge on any atom is -0.325 e. The molecule has 25 heavy (non-hydrogen) atoms. The van der Waals surface area contributed by atoms with Crippen LogP contribution >= 0.6 is 11.6 Å². The molecule has 0 atom stereocenters. The van der Waals surface area contributed by atoms with Crippen molar-refractivity contribution < 1.29 is 14.1 Å². The van der Waals surface area contributed by atoms with Gasteiger partial charge in [0.1, 0.15) is 10.8 Å². The molecule has 0 aliphatic carbocycles. The molecule has 0 saturated heterocycles. The van der Waals surface area contributed by atoms with E-state index in [0.29, 0.717) is 18.8 Å². The number of anilines is 1. The van der Waals surface area contributed by atoms with Crippen molar-refractivity contribution in [2.75, 3.05) is 18.4 Å². The highest BCUT2D eigenvalue weighted by Gasteiger charge is 2.15. The van der Waals surface area contributed by atoms with Gasteiger partial charge < -0.3 is 5.32 Å². The van der Waals surface area contributed by atoms with Gasteiger partial charge >= 0.3 is 0 Å². The number of amides is 1. The molecule has 0 heterocycles. The molecule has 2 rings (SSSR count). The minimum absolute atomic E-state index is 0.00397. The summed E-state index contributed by atoms with van der Waals surface area (Å²) in [5.41, 5.74) is 0.784. The van der Waals surface area contributed by atoms with Gasteiger partial charge in [0.15, 0.2) is 0 Å². The molecule has 0 saturated carbocycles. The Hall–Kier alpha value is -2.51. The largest absolute Gasteiger partial charge is 0.325 e. The number of nitro benzene ring substituents is 1. The standard InChI is InChI=1S/C17H17ClFN3O3/c1-2-21(10-12-4-3-5-13(19)8-12)11-17(23)20-14-6-7-15(18)16(9-14)22(24)25/h3-9H,2,10-11H2,1H3,(H,20,23). The van der Waals surface area contributed by atoms with Crippen LogP contribution in [0.4, 0.5) is 15.8 Å². The summed E-state index contributed by atoms with van der Waals surface area (Å²) in [5, 5.41) is 13.5. The van der Waals surface area contributed by atoms with Crippen LogP contribution in [-0.2, 0) is 11.3 Å². The topological polar surface area (TPSA) is 75.5 Å². The first kappa shape index (κ1) is 18.8. The first-order chi connectivity index (χ1) is 11.9. The van der Waals surface area contributed by atoms with Gasteiger partial charge in [-0.25, -0.2) is 4.39 Å². The number of hydrogen-bond donors (Lipinski definition) is 1. The quantitative estimate of drug-likeness (QED) is 0.597. The highest BCUT2D eigenvalue weighted by atomic mass is 35.5. The highest BCUT2D eigenvalue weighted by Crippen LogP contribution is 2.27. The van der Waals surface area contributed by atoms with E-state index in [2.05, 4.69) is 5.32 Å². The Morgan fingerprint density at radius 3 is 2.72 bits per heavy atom. The van der Waals surface area contributed by atoms with Gasteiger partial charge in [0.25, 0.3) is 5.69 Å². The Labute approximate surface area is 149 Å². The number of halogens is 2. The molecule has 0 radical (unpaired) electrons. The van der Waals surface area contributed by atoms with E-state index in [1.807, 2.05) is 11.8 Å². The number of carbonyl (C=O) groups is 1. The molecule has 1 N–H and O–H groups in total. The summed E-state index contributed by atoms with van der Waals surface area (Å²) in [6, 6.07) is 10.2.